The molecule has 0 bridgehead atoms. The van der Waals surface area contributed by atoms with Crippen LogP contribution >= 0.6 is 7.82 Å². The van der Waals surface area contributed by atoms with Crippen LogP contribution in [0.25, 0.3) is 0 Å². The maximum atomic E-state index is 12.4. The van der Waals surface area contributed by atoms with Crippen LogP contribution in [0.1, 0.15) is 213 Å². The zero-order chi connectivity index (χ0) is 39.3. The van der Waals surface area contributed by atoms with Crippen molar-refractivity contribution in [1.29, 1.82) is 0 Å². The number of carbonyl (C=O) groups is 1. The zero-order valence-electron chi connectivity index (χ0n) is 35.8. The number of phosphoric acid groups is 1. The number of rotatable bonds is 41. The Kier molecular flexibility index (Phi) is 36.3. The van der Waals surface area contributed by atoms with Gasteiger partial charge in [-0.1, -0.05) is 199 Å². The first-order chi connectivity index (χ1) is 25.5. The molecule has 8 nitrogen and oxygen atoms in total. The Morgan fingerprint density at radius 3 is 1.38 bits per heavy atom. The number of allylic oxidation sites excluding steroid dienone is 1. The molecule has 0 aliphatic heterocycles. The summed E-state index contributed by atoms with van der Waals surface area (Å²) in [7, 11) is 1.57. The van der Waals surface area contributed by atoms with Gasteiger partial charge in [0.05, 0.1) is 39.9 Å². The normalized spacial score (nSPS) is 14.5. The minimum atomic E-state index is -4.31. The number of nitrogens with zero attached hydrogens (tertiary/aromatic N) is 1. The molecule has 0 aliphatic rings. The molecule has 3 unspecified atom stereocenters. The number of phosphoric ester groups is 1. The number of nitrogens with one attached hydrogen (secondary N) is 1. The highest BCUT2D eigenvalue weighted by Crippen LogP contribution is 2.43. The lowest BCUT2D eigenvalue weighted by atomic mass is 10.0. The molecule has 0 aromatic carbocycles. The summed E-state index contributed by atoms with van der Waals surface area (Å²) in [4.78, 5) is 22.5. The zero-order valence-corrected chi connectivity index (χ0v) is 36.7. The maximum absolute atomic E-state index is 12.4. The molecule has 0 fully saturated rings. The van der Waals surface area contributed by atoms with Gasteiger partial charge in [0.25, 0.3) is 0 Å². The van der Waals surface area contributed by atoms with Crippen molar-refractivity contribution < 1.29 is 32.9 Å². The molecule has 0 aromatic heterocycles. The number of carbonyl (C=O) groups excluding carboxylic acids is 1. The number of unbranched alkanes of at least 4 members (excludes halogenated alkanes) is 28. The number of quaternary nitrogens is 1. The van der Waals surface area contributed by atoms with Gasteiger partial charge in [-0.3, -0.25) is 13.8 Å². The molecule has 0 aromatic rings. The van der Waals surface area contributed by atoms with E-state index in [2.05, 4.69) is 12.2 Å². The van der Waals surface area contributed by atoms with Crippen LogP contribution in [0, 0.1) is 0 Å². The Bertz CT molecular complexity index is 880. The first kappa shape index (κ1) is 52.2. The number of likely N-dealkylation sites (N-methyl/N-ethyl adjacent to an activating group) is 1. The fourth-order valence-electron chi connectivity index (χ4n) is 6.61. The van der Waals surface area contributed by atoms with Gasteiger partial charge in [0, 0.05) is 6.42 Å². The highest BCUT2D eigenvalue weighted by Gasteiger charge is 2.27. The van der Waals surface area contributed by atoms with Crippen LogP contribution in [0.3, 0.4) is 0 Å². The maximum Gasteiger partial charge on any atom is 0.472 e. The quantitative estimate of drug-likeness (QED) is 0.0247. The van der Waals surface area contributed by atoms with Gasteiger partial charge in [-0.25, -0.2) is 4.57 Å². The van der Waals surface area contributed by atoms with Gasteiger partial charge in [0.2, 0.25) is 5.91 Å². The van der Waals surface area contributed by atoms with E-state index in [0.29, 0.717) is 17.4 Å². The molecule has 0 rings (SSSR count). The van der Waals surface area contributed by atoms with E-state index < -0.39 is 20.0 Å². The van der Waals surface area contributed by atoms with Gasteiger partial charge >= 0.3 is 7.82 Å². The van der Waals surface area contributed by atoms with Crippen molar-refractivity contribution >= 4 is 13.7 Å². The minimum absolute atomic E-state index is 0.0624. The van der Waals surface area contributed by atoms with Crippen molar-refractivity contribution in [2.24, 2.45) is 0 Å². The van der Waals surface area contributed by atoms with Gasteiger partial charge in [-0.05, 0) is 19.3 Å². The smallest absolute Gasteiger partial charge is 0.387 e. The molecule has 0 aliphatic carbocycles. The summed E-state index contributed by atoms with van der Waals surface area (Å²) in [5.41, 5.74) is 0. The molecular formula is C44H90N2O6P+. The first-order valence-corrected chi connectivity index (χ1v) is 24.1. The average Bonchev–Trinajstić information content (AvgIpc) is 3.11. The van der Waals surface area contributed by atoms with Crippen LogP contribution in [-0.2, 0) is 18.4 Å². The monoisotopic (exact) mass is 774 g/mol. The topological polar surface area (TPSA) is 105 Å². The van der Waals surface area contributed by atoms with Crippen molar-refractivity contribution in [3.63, 3.8) is 0 Å². The molecule has 316 valence electrons. The van der Waals surface area contributed by atoms with E-state index in [1.165, 1.54) is 167 Å². The van der Waals surface area contributed by atoms with E-state index in [4.69, 9.17) is 9.05 Å². The van der Waals surface area contributed by atoms with Crippen molar-refractivity contribution in [3.8, 4) is 0 Å². The Morgan fingerprint density at radius 1 is 0.623 bits per heavy atom. The van der Waals surface area contributed by atoms with Crippen molar-refractivity contribution in [3.05, 3.63) is 12.2 Å². The molecule has 53 heavy (non-hydrogen) atoms. The molecule has 0 spiro atoms. The summed E-state index contributed by atoms with van der Waals surface area (Å²) in [5, 5.41) is 13.5. The third-order valence-corrected chi connectivity index (χ3v) is 11.2. The van der Waals surface area contributed by atoms with Crippen LogP contribution in [0.4, 0.5) is 0 Å². The van der Waals surface area contributed by atoms with E-state index in [1.807, 2.05) is 34.1 Å². The molecular weight excluding hydrogens is 683 g/mol. The van der Waals surface area contributed by atoms with Crippen molar-refractivity contribution in [1.82, 2.24) is 5.32 Å². The van der Waals surface area contributed by atoms with Gasteiger partial charge < -0.3 is 19.8 Å². The third kappa shape index (κ3) is 39.3. The second kappa shape index (κ2) is 36.9. The van der Waals surface area contributed by atoms with Gasteiger partial charge in [-0.2, -0.15) is 0 Å². The van der Waals surface area contributed by atoms with Crippen LogP contribution in [-0.4, -0.2) is 73.4 Å². The molecule has 0 saturated carbocycles. The number of aliphatic hydroxyl groups excluding tert-OH is 1. The van der Waals surface area contributed by atoms with E-state index in [0.717, 1.165) is 25.7 Å². The number of hydrogen-bond donors (Lipinski definition) is 3. The molecule has 9 heteroatoms. The summed E-state index contributed by atoms with van der Waals surface area (Å²) in [6.07, 6.45) is 42.8. The average molecular weight is 774 g/mol. The highest BCUT2D eigenvalue weighted by molar-refractivity contribution is 7.47. The van der Waals surface area contributed by atoms with Gasteiger partial charge in [-0.15, -0.1) is 0 Å². The van der Waals surface area contributed by atoms with Crippen LogP contribution in [0.5, 0.6) is 0 Å². The molecule has 1 amide bonds. The Morgan fingerprint density at radius 2 is 1.00 bits per heavy atom. The number of aliphatic hydroxyl groups is 1. The fraction of sp³-hybridized carbons (Fsp3) is 0.932. The fourth-order valence-corrected chi connectivity index (χ4v) is 7.34. The van der Waals surface area contributed by atoms with Crippen LogP contribution in [0.15, 0.2) is 12.2 Å². The Balaban J connectivity index is 3.79. The highest BCUT2D eigenvalue weighted by atomic mass is 31.2. The largest absolute Gasteiger partial charge is 0.472 e. The molecule has 3 atom stereocenters. The van der Waals surface area contributed by atoms with E-state index in [9.17, 15) is 19.4 Å². The predicted molar refractivity (Wildman–Crippen MR) is 226 cm³/mol. The predicted octanol–water partition coefficient (Wildman–Crippen LogP) is 12.4. The molecule has 0 heterocycles. The second-order valence-corrected chi connectivity index (χ2v) is 18.2. The van der Waals surface area contributed by atoms with E-state index >= 15 is 0 Å². The van der Waals surface area contributed by atoms with Gasteiger partial charge in [0.15, 0.2) is 0 Å². The van der Waals surface area contributed by atoms with Gasteiger partial charge in [0.1, 0.15) is 13.2 Å². The van der Waals surface area contributed by atoms with E-state index in [1.54, 1.807) is 6.08 Å². The SMILES string of the molecule is CCCCCCCCCCCCCCCCCCCCCCCCCCCCC/C=C/C(O)C(COP(=O)(O)OCC[N+](C)(C)C)NC(=O)CCCC. The Labute approximate surface area is 329 Å². The van der Waals surface area contributed by atoms with Crippen LogP contribution < -0.4 is 5.32 Å². The minimum Gasteiger partial charge on any atom is -0.387 e. The van der Waals surface area contributed by atoms with Crippen molar-refractivity contribution in [2.75, 3.05) is 40.9 Å². The second-order valence-electron chi connectivity index (χ2n) is 16.8. The summed E-state index contributed by atoms with van der Waals surface area (Å²) in [6, 6.07) is -0.836. The summed E-state index contributed by atoms with van der Waals surface area (Å²) >= 11 is 0. The van der Waals surface area contributed by atoms with Crippen molar-refractivity contribution in [2.45, 2.75) is 225 Å². The van der Waals surface area contributed by atoms with E-state index in [-0.39, 0.29) is 19.1 Å². The number of hydrogen-bond acceptors (Lipinski definition) is 5. The van der Waals surface area contributed by atoms with Crippen LogP contribution in [0.2, 0.25) is 0 Å². The lowest BCUT2D eigenvalue weighted by Gasteiger charge is -2.25. The number of amides is 1. The lowest BCUT2D eigenvalue weighted by Crippen LogP contribution is -2.45. The third-order valence-electron chi connectivity index (χ3n) is 10.3. The standard InChI is InChI=1S/C44H89N2O6P/c1-6-8-10-11-12-13-14-15-16-17-18-19-20-21-22-23-24-25-26-27-28-29-30-31-32-33-34-35-36-37-43(47)42(45-44(48)38-9-7-2)41-52-53(49,50)51-40-39-46(3,4)5/h36-37,42-43,47H,6-35,38-41H2,1-5H3,(H-,45,48,49,50)/p+1/b37-36+. The Hall–Kier alpha value is -0.760. The summed E-state index contributed by atoms with van der Waals surface area (Å²) in [6.45, 7) is 4.58. The first-order valence-electron chi connectivity index (χ1n) is 22.6. The lowest BCUT2D eigenvalue weighted by molar-refractivity contribution is -0.870. The summed E-state index contributed by atoms with van der Waals surface area (Å²) < 4.78 is 23.2. The molecule has 0 saturated heterocycles. The molecule has 3 N–H and O–H groups in total. The summed E-state index contributed by atoms with van der Waals surface area (Å²) in [5.74, 6) is -0.211. The molecule has 0 radical (unpaired) electrons.